The number of amides is 1. The zero-order valence-electron chi connectivity index (χ0n) is 13.2. The minimum atomic E-state index is -0.548. The molecular weight excluding hydrogens is 325 g/mol. The largest absolute Gasteiger partial charge is 0.379 e. The highest BCUT2D eigenvalue weighted by Crippen LogP contribution is 2.31. The van der Waals surface area contributed by atoms with Gasteiger partial charge in [0.25, 0.3) is 0 Å². The molecule has 1 unspecified atom stereocenters. The molecule has 5 nitrogen and oxygen atoms in total. The third-order valence-electron chi connectivity index (χ3n) is 5.11. The molecule has 3 rings (SSSR count). The van der Waals surface area contributed by atoms with Crippen molar-refractivity contribution >= 4 is 30.7 Å². The fourth-order valence-corrected chi connectivity index (χ4v) is 3.85. The van der Waals surface area contributed by atoms with E-state index in [1.54, 1.807) is 0 Å². The molecule has 0 aromatic rings. The molecule has 3 fully saturated rings. The van der Waals surface area contributed by atoms with E-state index in [2.05, 4.69) is 4.90 Å². The number of likely N-dealkylation sites (tertiary alicyclic amines) is 1. The summed E-state index contributed by atoms with van der Waals surface area (Å²) in [7, 11) is 0. The number of hydrogen-bond donors (Lipinski definition) is 1. The van der Waals surface area contributed by atoms with Crippen LogP contribution in [0.3, 0.4) is 0 Å². The number of rotatable bonds is 3. The second-order valence-corrected chi connectivity index (χ2v) is 6.68. The molecule has 0 bridgehead atoms. The molecule has 1 saturated carbocycles. The predicted octanol–water partition coefficient (Wildman–Crippen LogP) is 1.28. The summed E-state index contributed by atoms with van der Waals surface area (Å²) in [6.45, 7) is 6.66. The molecule has 0 aromatic heterocycles. The zero-order valence-corrected chi connectivity index (χ0v) is 14.8. The number of nitrogens with two attached hydrogens (primary N) is 1. The van der Waals surface area contributed by atoms with E-state index >= 15 is 0 Å². The van der Waals surface area contributed by atoms with Crippen molar-refractivity contribution in [2.24, 2.45) is 11.7 Å². The average Bonchev–Trinajstić information content (AvgIpc) is 3.09. The summed E-state index contributed by atoms with van der Waals surface area (Å²) in [4.78, 5) is 17.1. The van der Waals surface area contributed by atoms with Gasteiger partial charge in [0.2, 0.25) is 5.91 Å². The van der Waals surface area contributed by atoms with Crippen molar-refractivity contribution in [3.05, 3.63) is 0 Å². The summed E-state index contributed by atoms with van der Waals surface area (Å²) in [6, 6.07) is 0. The van der Waals surface area contributed by atoms with Crippen LogP contribution in [0, 0.1) is 5.92 Å². The Morgan fingerprint density at radius 3 is 2.41 bits per heavy atom. The van der Waals surface area contributed by atoms with E-state index in [0.29, 0.717) is 5.92 Å². The molecule has 0 aromatic carbocycles. The highest BCUT2D eigenvalue weighted by Gasteiger charge is 2.41. The van der Waals surface area contributed by atoms with Crippen LogP contribution in [0.15, 0.2) is 0 Å². The van der Waals surface area contributed by atoms with Gasteiger partial charge in [0.05, 0.1) is 18.8 Å². The van der Waals surface area contributed by atoms with Gasteiger partial charge in [-0.25, -0.2) is 0 Å². The Labute approximate surface area is 145 Å². The number of carbonyl (C=O) groups is 1. The molecule has 3 aliphatic rings. The second-order valence-electron chi connectivity index (χ2n) is 6.68. The van der Waals surface area contributed by atoms with Crippen LogP contribution in [0.1, 0.15) is 32.1 Å². The van der Waals surface area contributed by atoms with E-state index in [9.17, 15) is 4.79 Å². The SMILES string of the molecule is Cl.Cl.NC1(C(=O)N2CCC(CN3CCOCC3)C2)CCCC1. The standard InChI is InChI=1S/C15H27N3O2.2ClH/c16-15(4-1-2-5-15)14(19)18-6-3-13(12-18)11-17-7-9-20-10-8-17;;/h13H,1-12,16H2;2*1H. The molecule has 2 saturated heterocycles. The summed E-state index contributed by atoms with van der Waals surface area (Å²) in [5, 5.41) is 0. The van der Waals surface area contributed by atoms with Gasteiger partial charge in [-0.05, 0) is 25.2 Å². The first-order valence-corrected chi connectivity index (χ1v) is 8.06. The molecule has 2 aliphatic heterocycles. The maximum absolute atomic E-state index is 12.6. The van der Waals surface area contributed by atoms with Crippen LogP contribution in [0.2, 0.25) is 0 Å². The Morgan fingerprint density at radius 1 is 1.14 bits per heavy atom. The van der Waals surface area contributed by atoms with E-state index in [-0.39, 0.29) is 30.7 Å². The van der Waals surface area contributed by atoms with Crippen LogP contribution < -0.4 is 5.73 Å². The maximum Gasteiger partial charge on any atom is 0.242 e. The van der Waals surface area contributed by atoms with E-state index in [1.807, 2.05) is 4.90 Å². The van der Waals surface area contributed by atoms with E-state index in [1.165, 1.54) is 0 Å². The third-order valence-corrected chi connectivity index (χ3v) is 5.11. The first-order valence-electron chi connectivity index (χ1n) is 8.06. The minimum Gasteiger partial charge on any atom is -0.379 e. The lowest BCUT2D eigenvalue weighted by Gasteiger charge is -2.30. The van der Waals surface area contributed by atoms with Gasteiger partial charge >= 0.3 is 0 Å². The van der Waals surface area contributed by atoms with Gasteiger partial charge in [0.15, 0.2) is 0 Å². The number of hydrogen-bond acceptors (Lipinski definition) is 4. The maximum atomic E-state index is 12.6. The van der Waals surface area contributed by atoms with Crippen molar-refractivity contribution in [3.8, 4) is 0 Å². The second kappa shape index (κ2) is 8.69. The van der Waals surface area contributed by atoms with Crippen LogP contribution in [-0.4, -0.2) is 67.2 Å². The topological polar surface area (TPSA) is 58.8 Å². The highest BCUT2D eigenvalue weighted by atomic mass is 35.5. The summed E-state index contributed by atoms with van der Waals surface area (Å²) in [5.74, 6) is 0.821. The highest BCUT2D eigenvalue weighted by molar-refractivity contribution is 5.86. The number of morpholine rings is 1. The summed E-state index contributed by atoms with van der Waals surface area (Å²) in [6.07, 6.45) is 5.08. The van der Waals surface area contributed by atoms with Crippen molar-refractivity contribution in [1.82, 2.24) is 9.80 Å². The van der Waals surface area contributed by atoms with Gasteiger partial charge in [-0.3, -0.25) is 9.69 Å². The number of nitrogens with zero attached hydrogens (tertiary/aromatic N) is 2. The van der Waals surface area contributed by atoms with Gasteiger partial charge in [0, 0.05) is 32.7 Å². The van der Waals surface area contributed by atoms with Crippen molar-refractivity contribution in [2.75, 3.05) is 45.9 Å². The zero-order chi connectivity index (χ0) is 14.0. The number of ether oxygens (including phenoxy) is 1. The first-order chi connectivity index (χ1) is 9.67. The molecule has 1 atom stereocenters. The Morgan fingerprint density at radius 2 is 1.77 bits per heavy atom. The van der Waals surface area contributed by atoms with E-state index < -0.39 is 5.54 Å². The summed E-state index contributed by atoms with van der Waals surface area (Å²) in [5.41, 5.74) is 5.75. The van der Waals surface area contributed by atoms with Crippen LogP contribution in [0.4, 0.5) is 0 Å². The quantitative estimate of drug-likeness (QED) is 0.830. The minimum absolute atomic E-state index is 0. The lowest BCUT2D eigenvalue weighted by atomic mass is 9.97. The molecule has 7 heteroatoms. The molecule has 2 heterocycles. The van der Waals surface area contributed by atoms with Gasteiger partial charge in [0.1, 0.15) is 0 Å². The monoisotopic (exact) mass is 353 g/mol. The first kappa shape index (κ1) is 20.0. The molecule has 2 N–H and O–H groups in total. The predicted molar refractivity (Wildman–Crippen MR) is 91.8 cm³/mol. The van der Waals surface area contributed by atoms with Gasteiger partial charge in [-0.15, -0.1) is 24.8 Å². The van der Waals surface area contributed by atoms with Gasteiger partial charge < -0.3 is 15.4 Å². The Hall–Kier alpha value is -0.0700. The lowest BCUT2D eigenvalue weighted by molar-refractivity contribution is -0.135. The van der Waals surface area contributed by atoms with E-state index in [4.69, 9.17) is 10.5 Å². The smallest absolute Gasteiger partial charge is 0.242 e. The normalized spacial score (nSPS) is 28.0. The molecule has 130 valence electrons. The fourth-order valence-electron chi connectivity index (χ4n) is 3.85. The van der Waals surface area contributed by atoms with Crippen molar-refractivity contribution in [2.45, 2.75) is 37.6 Å². The van der Waals surface area contributed by atoms with E-state index in [0.717, 1.165) is 78.0 Å². The van der Waals surface area contributed by atoms with Crippen molar-refractivity contribution < 1.29 is 9.53 Å². The molecule has 1 aliphatic carbocycles. The third kappa shape index (κ3) is 4.48. The number of halogens is 2. The average molecular weight is 354 g/mol. The summed E-state index contributed by atoms with van der Waals surface area (Å²) < 4.78 is 5.38. The molecule has 0 radical (unpaired) electrons. The van der Waals surface area contributed by atoms with Crippen LogP contribution in [0.5, 0.6) is 0 Å². The number of carbonyl (C=O) groups excluding carboxylic acids is 1. The Bertz CT molecular complexity index is 359. The van der Waals surface area contributed by atoms with Crippen molar-refractivity contribution in [1.29, 1.82) is 0 Å². The fraction of sp³-hybridized carbons (Fsp3) is 0.933. The van der Waals surface area contributed by atoms with Crippen LogP contribution >= 0.6 is 24.8 Å². The summed E-state index contributed by atoms with van der Waals surface area (Å²) >= 11 is 0. The molecule has 1 amide bonds. The van der Waals surface area contributed by atoms with Crippen LogP contribution in [0.25, 0.3) is 0 Å². The molecule has 0 spiro atoms. The van der Waals surface area contributed by atoms with Gasteiger partial charge in [-0.2, -0.15) is 0 Å². The Kier molecular flexibility index (Phi) is 7.89. The molecule has 22 heavy (non-hydrogen) atoms. The van der Waals surface area contributed by atoms with Crippen LogP contribution in [-0.2, 0) is 9.53 Å². The molecular formula is C15H29Cl2N3O2. The Balaban J connectivity index is 0.00000121. The van der Waals surface area contributed by atoms with Crippen molar-refractivity contribution in [3.63, 3.8) is 0 Å². The van der Waals surface area contributed by atoms with Gasteiger partial charge in [-0.1, -0.05) is 12.8 Å². The lowest BCUT2D eigenvalue weighted by Crippen LogP contribution is -2.53.